The molecule has 0 aliphatic carbocycles. The van der Waals surface area contributed by atoms with E-state index in [1.54, 1.807) is 6.92 Å². The van der Waals surface area contributed by atoms with E-state index in [9.17, 15) is 17.6 Å². The Kier molecular flexibility index (Phi) is 4.66. The number of carbonyl (C=O) groups is 1. The normalized spacial score (nSPS) is 11.1. The highest BCUT2D eigenvalue weighted by molar-refractivity contribution is 7.92. The maximum atomic E-state index is 13.3. The van der Waals surface area contributed by atoms with Gasteiger partial charge in [0, 0.05) is 6.92 Å². The number of sulfonamides is 1. The number of benzene rings is 1. The van der Waals surface area contributed by atoms with Crippen molar-refractivity contribution in [2.45, 2.75) is 20.3 Å². The molecule has 1 aromatic carbocycles. The first-order valence-electron chi connectivity index (χ1n) is 5.41. The average Bonchev–Trinajstić information content (AvgIpc) is 2.21. The number of rotatable bonds is 5. The molecule has 0 atom stereocenters. The zero-order valence-corrected chi connectivity index (χ0v) is 11.0. The molecule has 0 aromatic heterocycles. The second-order valence-corrected chi connectivity index (χ2v) is 5.64. The van der Waals surface area contributed by atoms with Gasteiger partial charge in [-0.25, -0.2) is 12.8 Å². The van der Waals surface area contributed by atoms with E-state index in [0.29, 0.717) is 6.42 Å². The van der Waals surface area contributed by atoms with E-state index < -0.39 is 21.7 Å². The van der Waals surface area contributed by atoms with E-state index >= 15 is 0 Å². The van der Waals surface area contributed by atoms with Crippen LogP contribution in [0, 0.1) is 5.82 Å². The van der Waals surface area contributed by atoms with E-state index in [4.69, 9.17) is 0 Å². The maximum Gasteiger partial charge on any atom is 0.232 e. The van der Waals surface area contributed by atoms with Crippen LogP contribution in [0.1, 0.15) is 20.3 Å². The van der Waals surface area contributed by atoms with Crippen LogP contribution in [0.2, 0.25) is 0 Å². The Labute approximate surface area is 105 Å². The summed E-state index contributed by atoms with van der Waals surface area (Å²) in [7, 11) is -3.43. The van der Waals surface area contributed by atoms with Crippen molar-refractivity contribution in [2.24, 2.45) is 0 Å². The lowest BCUT2D eigenvalue weighted by Gasteiger charge is -2.09. The number of halogens is 1. The quantitative estimate of drug-likeness (QED) is 0.861. The number of amides is 1. The first-order valence-corrected chi connectivity index (χ1v) is 7.07. The highest BCUT2D eigenvalue weighted by atomic mass is 32.2. The van der Waals surface area contributed by atoms with Crippen molar-refractivity contribution in [3.8, 4) is 0 Å². The van der Waals surface area contributed by atoms with Crippen LogP contribution in [0.5, 0.6) is 0 Å². The van der Waals surface area contributed by atoms with Crippen molar-refractivity contribution in [2.75, 3.05) is 15.8 Å². The third-order valence-electron chi connectivity index (χ3n) is 2.02. The summed E-state index contributed by atoms with van der Waals surface area (Å²) < 4.78 is 38.7. The molecule has 100 valence electrons. The van der Waals surface area contributed by atoms with Gasteiger partial charge in [-0.3, -0.25) is 9.52 Å². The third-order valence-corrected chi connectivity index (χ3v) is 3.52. The molecule has 0 saturated carbocycles. The molecule has 18 heavy (non-hydrogen) atoms. The Hall–Kier alpha value is -1.63. The van der Waals surface area contributed by atoms with Crippen LogP contribution in [-0.4, -0.2) is 20.1 Å². The highest BCUT2D eigenvalue weighted by Gasteiger charge is 2.11. The van der Waals surface area contributed by atoms with Gasteiger partial charge < -0.3 is 5.32 Å². The fraction of sp³-hybridized carbons (Fsp3) is 0.364. The van der Waals surface area contributed by atoms with Gasteiger partial charge in [0.05, 0.1) is 17.1 Å². The van der Waals surface area contributed by atoms with Crippen molar-refractivity contribution < 1.29 is 17.6 Å². The summed E-state index contributed by atoms with van der Waals surface area (Å²) in [5, 5.41) is 2.28. The molecule has 1 aromatic rings. The lowest BCUT2D eigenvalue weighted by Crippen LogP contribution is -2.16. The smallest absolute Gasteiger partial charge is 0.232 e. The van der Waals surface area contributed by atoms with E-state index in [2.05, 4.69) is 10.0 Å². The zero-order valence-electron chi connectivity index (χ0n) is 10.2. The predicted octanol–water partition coefficient (Wildman–Crippen LogP) is 1.94. The average molecular weight is 274 g/mol. The zero-order chi connectivity index (χ0) is 13.8. The van der Waals surface area contributed by atoms with Gasteiger partial charge in [0.1, 0.15) is 5.82 Å². The summed E-state index contributed by atoms with van der Waals surface area (Å²) in [5.74, 6) is -1.06. The van der Waals surface area contributed by atoms with Crippen molar-refractivity contribution in [3.05, 3.63) is 24.0 Å². The molecular weight excluding hydrogens is 259 g/mol. The predicted molar refractivity (Wildman–Crippen MR) is 68.4 cm³/mol. The van der Waals surface area contributed by atoms with Crippen molar-refractivity contribution >= 4 is 27.3 Å². The molecule has 0 saturated heterocycles. The second-order valence-electron chi connectivity index (χ2n) is 3.80. The summed E-state index contributed by atoms with van der Waals surface area (Å²) in [6.45, 7) is 2.99. The summed E-state index contributed by atoms with van der Waals surface area (Å²) in [5.41, 5.74) is 0.160. The number of carbonyl (C=O) groups excluding carboxylic acids is 1. The van der Waals surface area contributed by atoms with E-state index in [-0.39, 0.29) is 17.1 Å². The van der Waals surface area contributed by atoms with Crippen molar-refractivity contribution in [1.82, 2.24) is 0 Å². The Morgan fingerprint density at radius 3 is 2.61 bits per heavy atom. The van der Waals surface area contributed by atoms with Crippen LogP contribution < -0.4 is 10.0 Å². The fourth-order valence-corrected chi connectivity index (χ4v) is 2.50. The minimum atomic E-state index is -3.43. The van der Waals surface area contributed by atoms with Crippen molar-refractivity contribution in [3.63, 3.8) is 0 Å². The number of anilines is 2. The lowest BCUT2D eigenvalue weighted by atomic mass is 10.2. The summed E-state index contributed by atoms with van der Waals surface area (Å²) >= 11 is 0. The van der Waals surface area contributed by atoms with Gasteiger partial charge in [0.25, 0.3) is 0 Å². The number of hydrogen-bond donors (Lipinski definition) is 2. The SMILES string of the molecule is CCCS(=O)(=O)Nc1ccc(F)c(NC(C)=O)c1. The van der Waals surface area contributed by atoms with Gasteiger partial charge >= 0.3 is 0 Å². The number of nitrogens with one attached hydrogen (secondary N) is 2. The molecule has 0 aliphatic heterocycles. The van der Waals surface area contributed by atoms with Crippen LogP contribution in [0.4, 0.5) is 15.8 Å². The van der Waals surface area contributed by atoms with Crippen LogP contribution in [0.25, 0.3) is 0 Å². The van der Waals surface area contributed by atoms with E-state index in [1.807, 2.05) is 0 Å². The molecular formula is C11H15FN2O3S. The van der Waals surface area contributed by atoms with Gasteiger partial charge in [0.15, 0.2) is 0 Å². The minimum absolute atomic E-state index is 0.0140. The first-order chi connectivity index (χ1) is 8.34. The molecule has 0 bridgehead atoms. The summed E-state index contributed by atoms with van der Waals surface area (Å²) in [6.07, 6.45) is 0.481. The molecule has 5 nitrogen and oxygen atoms in total. The number of hydrogen-bond acceptors (Lipinski definition) is 3. The Balaban J connectivity index is 2.95. The highest BCUT2D eigenvalue weighted by Crippen LogP contribution is 2.20. The van der Waals surface area contributed by atoms with Crippen LogP contribution in [0.15, 0.2) is 18.2 Å². The largest absolute Gasteiger partial charge is 0.324 e. The molecule has 0 radical (unpaired) electrons. The van der Waals surface area contributed by atoms with Gasteiger partial charge in [0.2, 0.25) is 15.9 Å². The third kappa shape index (κ3) is 4.33. The Morgan fingerprint density at radius 1 is 1.39 bits per heavy atom. The maximum absolute atomic E-state index is 13.3. The Morgan fingerprint density at radius 2 is 2.06 bits per heavy atom. The molecule has 1 amide bonds. The van der Waals surface area contributed by atoms with Gasteiger partial charge in [-0.05, 0) is 24.6 Å². The first kappa shape index (κ1) is 14.4. The molecule has 0 spiro atoms. The van der Waals surface area contributed by atoms with Crippen molar-refractivity contribution in [1.29, 1.82) is 0 Å². The monoisotopic (exact) mass is 274 g/mol. The Bertz CT molecular complexity index is 543. The molecule has 0 aliphatic rings. The molecule has 7 heteroatoms. The lowest BCUT2D eigenvalue weighted by molar-refractivity contribution is -0.114. The molecule has 1 rings (SSSR count). The molecule has 0 unspecified atom stereocenters. The van der Waals surface area contributed by atoms with Crippen LogP contribution in [-0.2, 0) is 14.8 Å². The fourth-order valence-electron chi connectivity index (χ4n) is 1.37. The molecule has 0 heterocycles. The molecule has 0 fully saturated rings. The van der Waals surface area contributed by atoms with E-state index in [1.165, 1.54) is 19.1 Å². The summed E-state index contributed by atoms with van der Waals surface area (Å²) in [6, 6.07) is 3.63. The van der Waals surface area contributed by atoms with E-state index in [0.717, 1.165) is 6.07 Å². The second kappa shape index (κ2) is 5.81. The van der Waals surface area contributed by atoms with Crippen LogP contribution in [0.3, 0.4) is 0 Å². The molecule has 2 N–H and O–H groups in total. The minimum Gasteiger partial charge on any atom is -0.324 e. The van der Waals surface area contributed by atoms with Gasteiger partial charge in [-0.2, -0.15) is 0 Å². The van der Waals surface area contributed by atoms with Crippen LogP contribution >= 0.6 is 0 Å². The standard InChI is InChI=1S/C11H15FN2O3S/c1-3-6-18(16,17)14-9-4-5-10(12)11(7-9)13-8(2)15/h4-5,7,14H,3,6H2,1-2H3,(H,13,15). The van der Waals surface area contributed by atoms with Gasteiger partial charge in [-0.1, -0.05) is 6.92 Å². The summed E-state index contributed by atoms with van der Waals surface area (Å²) in [4.78, 5) is 10.8. The topological polar surface area (TPSA) is 75.3 Å². The van der Waals surface area contributed by atoms with Gasteiger partial charge in [-0.15, -0.1) is 0 Å².